The van der Waals surface area contributed by atoms with Crippen LogP contribution in [-0.4, -0.2) is 21.3 Å². The number of pyridine rings is 1. The zero-order chi connectivity index (χ0) is 14.5. The van der Waals surface area contributed by atoms with Crippen LogP contribution >= 0.6 is 0 Å². The number of nitrogens with one attached hydrogen (secondary N) is 1. The van der Waals surface area contributed by atoms with E-state index in [2.05, 4.69) is 52.1 Å². The van der Waals surface area contributed by atoms with Crippen molar-refractivity contribution in [2.24, 2.45) is 0 Å². The molecular weight excluding hydrogens is 248 g/mol. The van der Waals surface area contributed by atoms with E-state index in [4.69, 9.17) is 0 Å². The molecule has 4 heteroatoms. The van der Waals surface area contributed by atoms with E-state index in [-0.39, 0.29) is 6.04 Å². The molecule has 0 aliphatic carbocycles. The van der Waals surface area contributed by atoms with Gasteiger partial charge in [0, 0.05) is 24.4 Å². The molecule has 2 aromatic heterocycles. The summed E-state index contributed by atoms with van der Waals surface area (Å²) < 4.78 is 2.08. The van der Waals surface area contributed by atoms with Crippen LogP contribution in [-0.2, 0) is 13.0 Å². The Hall–Kier alpha value is -1.68. The smallest absolute Gasteiger partial charge is 0.0596 e. The van der Waals surface area contributed by atoms with Crippen LogP contribution in [0.5, 0.6) is 0 Å². The van der Waals surface area contributed by atoms with E-state index in [1.54, 1.807) is 0 Å². The molecule has 0 aliphatic rings. The van der Waals surface area contributed by atoms with Gasteiger partial charge >= 0.3 is 0 Å². The van der Waals surface area contributed by atoms with Gasteiger partial charge in [0.15, 0.2) is 0 Å². The van der Waals surface area contributed by atoms with Gasteiger partial charge in [-0.15, -0.1) is 0 Å². The summed E-state index contributed by atoms with van der Waals surface area (Å²) in [4.78, 5) is 4.66. The third-order valence-electron chi connectivity index (χ3n) is 3.42. The monoisotopic (exact) mass is 272 g/mol. The molecule has 2 heterocycles. The molecule has 0 fully saturated rings. The quantitative estimate of drug-likeness (QED) is 0.879. The van der Waals surface area contributed by atoms with E-state index < -0.39 is 0 Å². The van der Waals surface area contributed by atoms with Crippen molar-refractivity contribution < 1.29 is 0 Å². The Morgan fingerprint density at radius 2 is 2.00 bits per heavy atom. The number of aryl methyl sites for hydroxylation is 3. The first-order valence-corrected chi connectivity index (χ1v) is 7.34. The molecule has 0 amide bonds. The predicted octanol–water partition coefficient (Wildman–Crippen LogP) is 2.81. The van der Waals surface area contributed by atoms with Gasteiger partial charge in [-0.3, -0.25) is 9.67 Å². The molecule has 0 aliphatic heterocycles. The molecule has 2 aromatic rings. The summed E-state index contributed by atoms with van der Waals surface area (Å²) in [6.07, 6.45) is 0.916. The van der Waals surface area contributed by atoms with Gasteiger partial charge in [0.05, 0.1) is 17.4 Å². The van der Waals surface area contributed by atoms with Crippen LogP contribution in [0, 0.1) is 13.8 Å². The Morgan fingerprint density at radius 3 is 2.65 bits per heavy atom. The predicted molar refractivity (Wildman–Crippen MR) is 81.7 cm³/mol. The Balaban J connectivity index is 2.25. The lowest BCUT2D eigenvalue weighted by Crippen LogP contribution is -2.25. The van der Waals surface area contributed by atoms with E-state index in [0.717, 1.165) is 36.6 Å². The molecule has 1 atom stereocenters. The van der Waals surface area contributed by atoms with Crippen LogP contribution in [0.1, 0.15) is 42.7 Å². The zero-order valence-electron chi connectivity index (χ0n) is 12.8. The van der Waals surface area contributed by atoms with Gasteiger partial charge in [-0.1, -0.05) is 13.0 Å². The second kappa shape index (κ2) is 6.66. The number of rotatable bonds is 6. The summed E-state index contributed by atoms with van der Waals surface area (Å²) in [6.45, 7) is 10.2. The van der Waals surface area contributed by atoms with Crippen molar-refractivity contribution in [1.29, 1.82) is 0 Å². The van der Waals surface area contributed by atoms with Crippen molar-refractivity contribution in [2.45, 2.75) is 46.7 Å². The first-order chi connectivity index (χ1) is 9.63. The van der Waals surface area contributed by atoms with Crippen molar-refractivity contribution in [2.75, 3.05) is 6.54 Å². The number of hydrogen-bond donors (Lipinski definition) is 1. The van der Waals surface area contributed by atoms with E-state index in [0.29, 0.717) is 0 Å². The summed E-state index contributed by atoms with van der Waals surface area (Å²) in [6, 6.07) is 8.61. The number of hydrogen-bond acceptors (Lipinski definition) is 3. The van der Waals surface area contributed by atoms with E-state index in [1.165, 1.54) is 5.69 Å². The maximum Gasteiger partial charge on any atom is 0.0596 e. The highest BCUT2D eigenvalue weighted by Gasteiger charge is 2.15. The third kappa shape index (κ3) is 3.45. The number of nitrogens with zero attached hydrogens (tertiary/aromatic N) is 3. The largest absolute Gasteiger partial charge is 0.309 e. The molecule has 0 aromatic carbocycles. The van der Waals surface area contributed by atoms with E-state index in [1.807, 2.05) is 19.9 Å². The Labute approximate surface area is 121 Å². The first-order valence-electron chi connectivity index (χ1n) is 7.34. The molecule has 0 bridgehead atoms. The summed E-state index contributed by atoms with van der Waals surface area (Å²) >= 11 is 0. The lowest BCUT2D eigenvalue weighted by Gasteiger charge is -2.18. The topological polar surface area (TPSA) is 42.7 Å². The average molecular weight is 272 g/mol. The van der Waals surface area contributed by atoms with Gasteiger partial charge in [0.2, 0.25) is 0 Å². The maximum absolute atomic E-state index is 4.66. The minimum Gasteiger partial charge on any atom is -0.309 e. The lowest BCUT2D eigenvalue weighted by molar-refractivity contribution is 0.506. The molecule has 2 rings (SSSR count). The first kappa shape index (κ1) is 14.7. The lowest BCUT2D eigenvalue weighted by atomic mass is 10.1. The zero-order valence-corrected chi connectivity index (χ0v) is 12.8. The maximum atomic E-state index is 4.66. The van der Waals surface area contributed by atoms with Crippen molar-refractivity contribution in [3.05, 3.63) is 47.0 Å². The molecular formula is C16H24N4. The van der Waals surface area contributed by atoms with Crippen molar-refractivity contribution in [3.8, 4) is 0 Å². The van der Waals surface area contributed by atoms with Gasteiger partial charge in [-0.05, 0) is 45.5 Å². The Kier molecular flexibility index (Phi) is 4.90. The fourth-order valence-corrected chi connectivity index (χ4v) is 2.53. The molecule has 108 valence electrons. The molecule has 4 nitrogen and oxygen atoms in total. The average Bonchev–Trinajstić information content (AvgIpc) is 2.78. The van der Waals surface area contributed by atoms with Gasteiger partial charge in [0.25, 0.3) is 0 Å². The van der Waals surface area contributed by atoms with Gasteiger partial charge in [-0.2, -0.15) is 5.10 Å². The molecule has 0 saturated heterocycles. The minimum absolute atomic E-state index is 0.237. The second-order valence-corrected chi connectivity index (χ2v) is 5.11. The van der Waals surface area contributed by atoms with Crippen molar-refractivity contribution in [1.82, 2.24) is 20.1 Å². The highest BCUT2D eigenvalue weighted by atomic mass is 15.3. The highest BCUT2D eigenvalue weighted by Crippen LogP contribution is 2.18. The van der Waals surface area contributed by atoms with Crippen LogP contribution in [0.15, 0.2) is 24.3 Å². The van der Waals surface area contributed by atoms with Crippen molar-refractivity contribution in [3.63, 3.8) is 0 Å². The fraction of sp³-hybridized carbons (Fsp3) is 0.500. The summed E-state index contributed by atoms with van der Waals surface area (Å²) in [5, 5.41) is 8.05. The molecule has 0 saturated carbocycles. The van der Waals surface area contributed by atoms with Crippen LogP contribution in [0.2, 0.25) is 0 Å². The number of likely N-dealkylation sites (N-methyl/N-ethyl adjacent to an activating group) is 1. The Morgan fingerprint density at radius 1 is 1.20 bits per heavy atom. The fourth-order valence-electron chi connectivity index (χ4n) is 2.53. The van der Waals surface area contributed by atoms with Gasteiger partial charge < -0.3 is 5.32 Å². The summed E-state index contributed by atoms with van der Waals surface area (Å²) in [5.74, 6) is 0. The summed E-state index contributed by atoms with van der Waals surface area (Å²) in [7, 11) is 0. The molecule has 20 heavy (non-hydrogen) atoms. The Bertz CT molecular complexity index is 559. The van der Waals surface area contributed by atoms with E-state index >= 15 is 0 Å². The normalized spacial score (nSPS) is 12.6. The van der Waals surface area contributed by atoms with Crippen LogP contribution in [0.3, 0.4) is 0 Å². The summed E-state index contributed by atoms with van der Waals surface area (Å²) in [5.41, 5.74) is 4.51. The highest BCUT2D eigenvalue weighted by molar-refractivity contribution is 5.18. The third-order valence-corrected chi connectivity index (χ3v) is 3.42. The molecule has 0 radical (unpaired) electrons. The van der Waals surface area contributed by atoms with Gasteiger partial charge in [-0.25, -0.2) is 0 Å². The standard InChI is InChI=1S/C16H24N4/c1-5-17-16(15-9-7-8-12(3)18-15)11-14-10-13(4)19-20(14)6-2/h7-10,16-17H,5-6,11H2,1-4H3. The van der Waals surface area contributed by atoms with Crippen LogP contribution in [0.4, 0.5) is 0 Å². The van der Waals surface area contributed by atoms with Gasteiger partial charge in [0.1, 0.15) is 0 Å². The van der Waals surface area contributed by atoms with E-state index in [9.17, 15) is 0 Å². The molecule has 1 N–H and O–H groups in total. The molecule has 1 unspecified atom stereocenters. The minimum atomic E-state index is 0.237. The number of aromatic nitrogens is 3. The van der Waals surface area contributed by atoms with Crippen LogP contribution in [0.25, 0.3) is 0 Å². The van der Waals surface area contributed by atoms with Crippen LogP contribution < -0.4 is 5.32 Å². The molecule has 0 spiro atoms. The SMILES string of the molecule is CCNC(Cc1cc(C)nn1CC)c1cccc(C)n1. The second-order valence-electron chi connectivity index (χ2n) is 5.11. The van der Waals surface area contributed by atoms with Crippen molar-refractivity contribution >= 4 is 0 Å².